The summed E-state index contributed by atoms with van der Waals surface area (Å²) < 4.78 is 6.86. The number of hydrogen-bond acceptors (Lipinski definition) is 3. The van der Waals surface area contributed by atoms with E-state index in [-0.39, 0.29) is 30.4 Å². The highest BCUT2D eigenvalue weighted by molar-refractivity contribution is 6.40. The minimum atomic E-state index is -1.03. The minimum Gasteiger partial charge on any atom is -0.379 e. The highest BCUT2D eigenvalue weighted by Gasteiger charge is 2.63. The van der Waals surface area contributed by atoms with Crippen molar-refractivity contribution in [2.75, 3.05) is 11.5 Å². The predicted molar refractivity (Wildman–Crippen MR) is 101 cm³/mol. The standard InChI is InChI=1S/C20H17Cl2NO3/c1-26-18-11-14(24)10-16(12-6-8-13(21)9-7-12)20(18)15-4-2-3-5-17(15)23(22)19(20)25/h2-9,16,18H,10-11H2,1H3. The van der Waals surface area contributed by atoms with Crippen molar-refractivity contribution in [1.82, 2.24) is 0 Å². The molecule has 1 aliphatic carbocycles. The molecule has 2 aliphatic rings. The second kappa shape index (κ2) is 6.38. The Morgan fingerprint density at radius 1 is 1.08 bits per heavy atom. The molecule has 0 N–H and O–H groups in total. The van der Waals surface area contributed by atoms with E-state index in [1.54, 1.807) is 12.1 Å². The Labute approximate surface area is 161 Å². The molecule has 1 fully saturated rings. The van der Waals surface area contributed by atoms with Crippen molar-refractivity contribution in [1.29, 1.82) is 0 Å². The Kier molecular flexibility index (Phi) is 4.30. The molecule has 4 nitrogen and oxygen atoms in total. The number of ketones is 1. The third-order valence-electron chi connectivity index (χ3n) is 5.55. The van der Waals surface area contributed by atoms with Crippen molar-refractivity contribution >= 4 is 40.8 Å². The van der Waals surface area contributed by atoms with E-state index in [1.165, 1.54) is 11.5 Å². The number of methoxy groups -OCH3 is 1. The first kappa shape index (κ1) is 17.5. The van der Waals surface area contributed by atoms with Gasteiger partial charge in [0, 0.05) is 42.7 Å². The Bertz CT molecular complexity index is 883. The second-order valence-corrected chi connectivity index (χ2v) is 7.52. The number of nitrogens with zero attached hydrogens (tertiary/aromatic N) is 1. The van der Waals surface area contributed by atoms with Gasteiger partial charge in [-0.1, -0.05) is 41.9 Å². The van der Waals surface area contributed by atoms with Crippen LogP contribution in [0.4, 0.5) is 5.69 Å². The molecule has 134 valence electrons. The predicted octanol–water partition coefficient (Wildman–Crippen LogP) is 4.24. The van der Waals surface area contributed by atoms with E-state index in [4.69, 9.17) is 28.1 Å². The average molecular weight is 390 g/mol. The van der Waals surface area contributed by atoms with Gasteiger partial charge in [-0.25, -0.2) is 4.42 Å². The van der Waals surface area contributed by atoms with Gasteiger partial charge >= 0.3 is 0 Å². The molecular formula is C20H17Cl2NO3. The van der Waals surface area contributed by atoms with Crippen LogP contribution in [0.3, 0.4) is 0 Å². The average Bonchev–Trinajstić information content (AvgIpc) is 2.87. The summed E-state index contributed by atoms with van der Waals surface area (Å²) in [5, 5.41) is 0.602. The maximum absolute atomic E-state index is 13.4. The molecule has 1 aliphatic heterocycles. The number of ether oxygens (including phenoxy) is 1. The SMILES string of the molecule is COC1CC(=O)CC(c2ccc(Cl)cc2)C12C(=O)N(Cl)c1ccccc12. The van der Waals surface area contributed by atoms with Gasteiger partial charge in [0.1, 0.15) is 11.2 Å². The number of carbonyl (C=O) groups excluding carboxylic acids is 2. The molecular weight excluding hydrogens is 373 g/mol. The fraction of sp³-hybridized carbons (Fsp3) is 0.300. The van der Waals surface area contributed by atoms with Crippen LogP contribution in [0.5, 0.6) is 0 Å². The van der Waals surface area contributed by atoms with Crippen molar-refractivity contribution in [2.24, 2.45) is 0 Å². The molecule has 0 saturated heterocycles. The Morgan fingerprint density at radius 2 is 1.77 bits per heavy atom. The summed E-state index contributed by atoms with van der Waals surface area (Å²) in [6.07, 6.45) is -0.139. The van der Waals surface area contributed by atoms with E-state index in [1.807, 2.05) is 36.4 Å². The maximum Gasteiger partial charge on any atom is 0.255 e. The van der Waals surface area contributed by atoms with Gasteiger partial charge in [-0.2, -0.15) is 0 Å². The summed E-state index contributed by atoms with van der Waals surface area (Å²) in [6, 6.07) is 14.7. The van der Waals surface area contributed by atoms with E-state index in [2.05, 4.69) is 0 Å². The first-order chi connectivity index (χ1) is 12.5. The zero-order valence-electron chi connectivity index (χ0n) is 14.1. The third-order valence-corrected chi connectivity index (χ3v) is 6.14. The van der Waals surface area contributed by atoms with Gasteiger partial charge in [0.15, 0.2) is 0 Å². The van der Waals surface area contributed by atoms with Gasteiger partial charge in [-0.05, 0) is 29.3 Å². The highest BCUT2D eigenvalue weighted by Crippen LogP contribution is 2.57. The Hall–Kier alpha value is -1.88. The van der Waals surface area contributed by atoms with Crippen LogP contribution in [0.1, 0.15) is 29.9 Å². The zero-order valence-corrected chi connectivity index (χ0v) is 15.6. The summed E-state index contributed by atoms with van der Waals surface area (Å²) in [5.74, 6) is -0.552. The molecule has 26 heavy (non-hydrogen) atoms. The van der Waals surface area contributed by atoms with E-state index < -0.39 is 11.5 Å². The molecule has 1 saturated carbocycles. The molecule has 2 aromatic rings. The van der Waals surface area contributed by atoms with Crippen LogP contribution in [-0.2, 0) is 19.7 Å². The van der Waals surface area contributed by atoms with Crippen LogP contribution >= 0.6 is 23.4 Å². The number of amides is 1. The fourth-order valence-electron chi connectivity index (χ4n) is 4.44. The molecule has 1 spiro atoms. The number of rotatable bonds is 2. The number of Topliss-reactive ketones (excluding diaryl/α,β-unsaturated/α-hetero) is 1. The smallest absolute Gasteiger partial charge is 0.255 e. The molecule has 4 rings (SSSR count). The summed E-state index contributed by atoms with van der Waals surface area (Å²) in [5.41, 5.74) is 1.29. The number of carbonyl (C=O) groups is 2. The quantitative estimate of drug-likeness (QED) is 0.721. The van der Waals surface area contributed by atoms with Gasteiger partial charge in [0.2, 0.25) is 0 Å². The lowest BCUT2D eigenvalue weighted by Gasteiger charge is -2.44. The first-order valence-electron chi connectivity index (χ1n) is 8.40. The van der Waals surface area contributed by atoms with E-state index >= 15 is 0 Å². The van der Waals surface area contributed by atoms with E-state index in [0.717, 1.165) is 11.1 Å². The molecule has 1 heterocycles. The second-order valence-electron chi connectivity index (χ2n) is 6.75. The van der Waals surface area contributed by atoms with Gasteiger partial charge in [-0.3, -0.25) is 9.59 Å². The van der Waals surface area contributed by atoms with Crippen LogP contribution < -0.4 is 4.42 Å². The number of anilines is 1. The lowest BCUT2D eigenvalue weighted by Crippen LogP contribution is -2.55. The molecule has 3 unspecified atom stereocenters. The number of benzene rings is 2. The number of hydrogen-bond donors (Lipinski definition) is 0. The molecule has 0 aromatic heterocycles. The Morgan fingerprint density at radius 3 is 2.46 bits per heavy atom. The number of fused-ring (bicyclic) bond motifs is 2. The molecule has 6 heteroatoms. The normalized spacial score (nSPS) is 27.9. The topological polar surface area (TPSA) is 46.6 Å². The van der Waals surface area contributed by atoms with Crippen LogP contribution in [-0.4, -0.2) is 24.9 Å². The maximum atomic E-state index is 13.4. The van der Waals surface area contributed by atoms with Crippen molar-refractivity contribution in [3.05, 3.63) is 64.7 Å². The van der Waals surface area contributed by atoms with Gasteiger partial charge in [0.25, 0.3) is 5.91 Å². The summed E-state index contributed by atoms with van der Waals surface area (Å²) in [6.45, 7) is 0. The van der Waals surface area contributed by atoms with Gasteiger partial charge in [0.05, 0.1) is 11.8 Å². The zero-order chi connectivity index (χ0) is 18.5. The number of halogens is 2. The third kappa shape index (κ3) is 2.33. The molecule has 0 bridgehead atoms. The fourth-order valence-corrected chi connectivity index (χ4v) is 4.85. The van der Waals surface area contributed by atoms with E-state index in [0.29, 0.717) is 10.7 Å². The summed E-state index contributed by atoms with van der Waals surface area (Å²) in [4.78, 5) is 25.9. The lowest BCUT2D eigenvalue weighted by atomic mass is 9.59. The van der Waals surface area contributed by atoms with Crippen molar-refractivity contribution < 1.29 is 14.3 Å². The first-order valence-corrected chi connectivity index (χ1v) is 9.11. The van der Waals surface area contributed by atoms with Crippen LogP contribution in [0.25, 0.3) is 0 Å². The minimum absolute atomic E-state index is 0.0701. The monoisotopic (exact) mass is 389 g/mol. The molecule has 3 atom stereocenters. The summed E-state index contributed by atoms with van der Waals surface area (Å²) in [7, 11) is 1.54. The van der Waals surface area contributed by atoms with Gasteiger partial charge in [-0.15, -0.1) is 0 Å². The van der Waals surface area contributed by atoms with Crippen molar-refractivity contribution in [2.45, 2.75) is 30.3 Å². The molecule has 1 amide bonds. The van der Waals surface area contributed by atoms with Crippen LogP contribution in [0.2, 0.25) is 5.02 Å². The van der Waals surface area contributed by atoms with Crippen molar-refractivity contribution in [3.63, 3.8) is 0 Å². The van der Waals surface area contributed by atoms with Crippen LogP contribution in [0.15, 0.2) is 48.5 Å². The molecule has 0 radical (unpaired) electrons. The van der Waals surface area contributed by atoms with Gasteiger partial charge < -0.3 is 4.74 Å². The summed E-state index contributed by atoms with van der Waals surface area (Å²) >= 11 is 12.4. The van der Waals surface area contributed by atoms with Crippen LogP contribution in [0, 0.1) is 0 Å². The molecule has 2 aromatic carbocycles. The van der Waals surface area contributed by atoms with Crippen molar-refractivity contribution in [3.8, 4) is 0 Å². The largest absolute Gasteiger partial charge is 0.379 e. The highest BCUT2D eigenvalue weighted by atomic mass is 35.5. The van der Waals surface area contributed by atoms with E-state index in [9.17, 15) is 9.59 Å². The lowest BCUT2D eigenvalue weighted by molar-refractivity contribution is -0.138. The number of para-hydroxylation sites is 1. The Balaban J connectivity index is 1.98.